The predicted molar refractivity (Wildman–Crippen MR) is 63.8 cm³/mol. The third kappa shape index (κ3) is 3.72. The highest BCUT2D eigenvalue weighted by Gasteiger charge is 2.12. The monoisotopic (exact) mass is 258 g/mol. The highest BCUT2D eigenvalue weighted by Crippen LogP contribution is 2.26. The molecule has 0 saturated carbocycles. The second-order valence-electron chi connectivity index (χ2n) is 3.53. The van der Waals surface area contributed by atoms with Crippen LogP contribution in [0.5, 0.6) is 5.75 Å². The molecule has 17 heavy (non-hydrogen) atoms. The fraction of sp³-hybridized carbons (Fsp3) is 0.300. The molecule has 0 atom stereocenters. The Morgan fingerprint density at radius 3 is 2.59 bits per heavy atom. The van der Waals surface area contributed by atoms with Crippen LogP contribution in [0.2, 0.25) is 0 Å². The molecule has 0 saturated heterocycles. The maximum atomic E-state index is 11.3. The predicted octanol–water partition coefficient (Wildman–Crippen LogP) is -0.0464. The summed E-state index contributed by atoms with van der Waals surface area (Å²) in [6.45, 7) is 0.0720. The zero-order chi connectivity index (χ0) is 13.1. The molecule has 0 aliphatic carbocycles. The molecule has 0 fully saturated rings. The van der Waals surface area contributed by atoms with Gasteiger partial charge in [-0.25, -0.2) is 8.42 Å². The van der Waals surface area contributed by atoms with Crippen LogP contribution in [0, 0.1) is 0 Å². The van der Waals surface area contributed by atoms with Gasteiger partial charge in [0.1, 0.15) is 5.75 Å². The zero-order valence-corrected chi connectivity index (χ0v) is 10.3. The summed E-state index contributed by atoms with van der Waals surface area (Å²) in [7, 11) is -1.76. The zero-order valence-electron chi connectivity index (χ0n) is 9.52. The number of amides is 1. The molecular weight excluding hydrogens is 244 g/mol. The van der Waals surface area contributed by atoms with E-state index in [1.165, 1.54) is 18.2 Å². The first kappa shape index (κ1) is 13.5. The van der Waals surface area contributed by atoms with E-state index in [1.807, 2.05) is 0 Å². The van der Waals surface area contributed by atoms with Crippen LogP contribution in [-0.2, 0) is 14.6 Å². The van der Waals surface area contributed by atoms with Crippen LogP contribution < -0.4 is 10.6 Å². The van der Waals surface area contributed by atoms with Gasteiger partial charge in [0.15, 0.2) is 9.84 Å². The summed E-state index contributed by atoms with van der Waals surface area (Å²) in [6.07, 6.45) is 1.05. The lowest BCUT2D eigenvalue weighted by molar-refractivity contribution is -0.115. The minimum absolute atomic E-state index is 0.0371. The smallest absolute Gasteiger partial charge is 0.238 e. The average molecular weight is 258 g/mol. The molecule has 1 rings (SSSR count). The fourth-order valence-electron chi connectivity index (χ4n) is 1.20. The number of hydrogen-bond acceptors (Lipinski definition) is 5. The van der Waals surface area contributed by atoms with Gasteiger partial charge in [0, 0.05) is 6.26 Å². The molecule has 1 aromatic carbocycles. The fourth-order valence-corrected chi connectivity index (χ4v) is 1.85. The van der Waals surface area contributed by atoms with Crippen molar-refractivity contribution in [3.05, 3.63) is 18.2 Å². The van der Waals surface area contributed by atoms with E-state index in [2.05, 4.69) is 10.6 Å². The number of rotatable bonds is 4. The molecule has 1 aromatic rings. The number of carbonyl (C=O) groups is 1. The number of hydrogen-bond donors (Lipinski definition) is 3. The molecule has 0 aliphatic rings. The highest BCUT2D eigenvalue weighted by molar-refractivity contribution is 7.90. The van der Waals surface area contributed by atoms with Crippen LogP contribution >= 0.6 is 0 Å². The number of nitrogens with one attached hydrogen (secondary N) is 2. The number of sulfone groups is 1. The number of likely N-dealkylation sites (N-methyl/N-ethyl adjacent to an activating group) is 1. The number of aromatic hydroxyl groups is 1. The molecule has 0 spiro atoms. The van der Waals surface area contributed by atoms with Gasteiger partial charge in [0.25, 0.3) is 0 Å². The lowest BCUT2D eigenvalue weighted by Gasteiger charge is -2.08. The third-order valence-corrected chi connectivity index (χ3v) is 3.12. The normalized spacial score (nSPS) is 11.2. The van der Waals surface area contributed by atoms with Crippen molar-refractivity contribution in [3.63, 3.8) is 0 Å². The molecule has 0 unspecified atom stereocenters. The molecule has 0 aliphatic heterocycles. The highest BCUT2D eigenvalue weighted by atomic mass is 32.2. The third-order valence-electron chi connectivity index (χ3n) is 2.01. The quantitative estimate of drug-likeness (QED) is 0.658. The minimum atomic E-state index is -3.37. The number of benzene rings is 1. The van der Waals surface area contributed by atoms with E-state index < -0.39 is 9.84 Å². The molecule has 0 aromatic heterocycles. The number of carbonyl (C=O) groups excluding carboxylic acids is 1. The lowest BCUT2D eigenvalue weighted by Crippen LogP contribution is -2.25. The maximum absolute atomic E-state index is 11.3. The number of phenols is 1. The van der Waals surface area contributed by atoms with Crippen molar-refractivity contribution in [3.8, 4) is 5.75 Å². The summed E-state index contributed by atoms with van der Waals surface area (Å²) in [6, 6.07) is 3.72. The summed E-state index contributed by atoms with van der Waals surface area (Å²) in [4.78, 5) is 11.3. The largest absolute Gasteiger partial charge is 0.506 e. The lowest BCUT2D eigenvalue weighted by atomic mass is 10.3. The molecule has 3 N–H and O–H groups in total. The summed E-state index contributed by atoms with van der Waals surface area (Å²) in [5, 5.41) is 14.5. The number of phenolic OH excluding ortho intramolecular Hbond substituents is 1. The molecule has 0 radical (unpaired) electrons. The van der Waals surface area contributed by atoms with Crippen LogP contribution in [0.15, 0.2) is 23.1 Å². The van der Waals surface area contributed by atoms with Crippen LogP contribution in [0.1, 0.15) is 0 Å². The number of anilines is 1. The van der Waals surface area contributed by atoms with Crippen LogP contribution in [-0.4, -0.2) is 39.3 Å². The van der Waals surface area contributed by atoms with E-state index in [1.54, 1.807) is 7.05 Å². The van der Waals surface area contributed by atoms with Crippen molar-refractivity contribution in [1.82, 2.24) is 5.32 Å². The van der Waals surface area contributed by atoms with Gasteiger partial charge in [-0.2, -0.15) is 0 Å². The first-order chi connectivity index (χ1) is 7.84. The summed E-state index contributed by atoms with van der Waals surface area (Å²) in [5.74, 6) is -0.546. The van der Waals surface area contributed by atoms with Crippen molar-refractivity contribution in [2.45, 2.75) is 4.90 Å². The van der Waals surface area contributed by atoms with E-state index in [0.29, 0.717) is 0 Å². The Balaban J connectivity index is 3.03. The van der Waals surface area contributed by atoms with Crippen molar-refractivity contribution < 1.29 is 18.3 Å². The van der Waals surface area contributed by atoms with E-state index in [0.717, 1.165) is 6.26 Å². The summed E-state index contributed by atoms with van der Waals surface area (Å²) < 4.78 is 22.6. The first-order valence-electron chi connectivity index (χ1n) is 4.82. The molecule has 7 heteroatoms. The van der Waals surface area contributed by atoms with Crippen LogP contribution in [0.25, 0.3) is 0 Å². The minimum Gasteiger partial charge on any atom is -0.506 e. The van der Waals surface area contributed by atoms with Crippen molar-refractivity contribution >= 4 is 21.4 Å². The van der Waals surface area contributed by atoms with Crippen LogP contribution in [0.3, 0.4) is 0 Å². The van der Waals surface area contributed by atoms with Gasteiger partial charge in [0.2, 0.25) is 5.91 Å². The Hall–Kier alpha value is -1.60. The topological polar surface area (TPSA) is 95.5 Å². The Bertz CT molecular complexity index is 525. The maximum Gasteiger partial charge on any atom is 0.238 e. The van der Waals surface area contributed by atoms with Gasteiger partial charge in [-0.05, 0) is 25.2 Å². The Labute approximate surface area is 99.6 Å². The Morgan fingerprint density at radius 1 is 1.41 bits per heavy atom. The SMILES string of the molecule is CNCC(=O)Nc1cc(S(C)(=O)=O)ccc1O. The van der Waals surface area contributed by atoms with Gasteiger partial charge in [-0.3, -0.25) is 4.79 Å². The van der Waals surface area contributed by atoms with Crippen molar-refractivity contribution in [2.24, 2.45) is 0 Å². The average Bonchev–Trinajstić information content (AvgIpc) is 2.20. The molecule has 94 valence electrons. The van der Waals surface area contributed by atoms with E-state index >= 15 is 0 Å². The molecule has 0 heterocycles. The van der Waals surface area contributed by atoms with Gasteiger partial charge in [-0.1, -0.05) is 0 Å². The van der Waals surface area contributed by atoms with Crippen molar-refractivity contribution in [1.29, 1.82) is 0 Å². The van der Waals surface area contributed by atoms with Gasteiger partial charge >= 0.3 is 0 Å². The van der Waals surface area contributed by atoms with E-state index in [4.69, 9.17) is 0 Å². The van der Waals surface area contributed by atoms with Gasteiger partial charge in [-0.15, -0.1) is 0 Å². The van der Waals surface area contributed by atoms with E-state index in [-0.39, 0.29) is 28.8 Å². The molecular formula is C10H14N2O4S. The van der Waals surface area contributed by atoms with Crippen LogP contribution in [0.4, 0.5) is 5.69 Å². The standard InChI is InChI=1S/C10H14N2O4S/c1-11-6-10(14)12-8-5-7(17(2,15)16)3-4-9(8)13/h3-5,11,13H,6H2,1-2H3,(H,12,14). The Kier molecular flexibility index (Phi) is 4.08. The second kappa shape index (κ2) is 5.15. The molecule has 1 amide bonds. The molecule has 6 nitrogen and oxygen atoms in total. The van der Waals surface area contributed by atoms with Crippen molar-refractivity contribution in [2.75, 3.05) is 25.2 Å². The van der Waals surface area contributed by atoms with Gasteiger partial charge < -0.3 is 15.7 Å². The van der Waals surface area contributed by atoms with E-state index in [9.17, 15) is 18.3 Å². The summed E-state index contributed by atoms with van der Waals surface area (Å²) in [5.41, 5.74) is 0.0770. The second-order valence-corrected chi connectivity index (χ2v) is 5.55. The first-order valence-corrected chi connectivity index (χ1v) is 6.71. The summed E-state index contributed by atoms with van der Waals surface area (Å²) >= 11 is 0. The van der Waals surface area contributed by atoms with Gasteiger partial charge in [0.05, 0.1) is 17.1 Å². The Morgan fingerprint density at radius 2 is 2.06 bits per heavy atom. The molecule has 0 bridgehead atoms.